The first-order valence-corrected chi connectivity index (χ1v) is 3.75. The van der Waals surface area contributed by atoms with Crippen molar-refractivity contribution >= 4 is 0 Å². The van der Waals surface area contributed by atoms with Crippen LogP contribution in [-0.2, 0) is 0 Å². The van der Waals surface area contributed by atoms with Crippen molar-refractivity contribution in [2.45, 2.75) is 38.7 Å². The van der Waals surface area contributed by atoms with Crippen molar-refractivity contribution in [3.63, 3.8) is 0 Å². The van der Waals surface area contributed by atoms with Crippen LogP contribution in [0.25, 0.3) is 0 Å². The zero-order valence-corrected chi connectivity index (χ0v) is 7.53. The number of alkyl halides is 4. The molecule has 0 fully saturated rings. The predicted molar refractivity (Wildman–Crippen MR) is 39.8 cm³/mol. The molecule has 2 N–H and O–H groups in total. The highest BCUT2D eigenvalue weighted by Crippen LogP contribution is 2.30. The SMILES string of the molecule is CC(F)(F)C(O)(F)F.CCCCO. The van der Waals surface area contributed by atoms with Crippen molar-refractivity contribution in [3.05, 3.63) is 0 Å². The van der Waals surface area contributed by atoms with Crippen molar-refractivity contribution in [1.29, 1.82) is 0 Å². The van der Waals surface area contributed by atoms with Crippen LogP contribution in [-0.4, -0.2) is 28.9 Å². The largest absolute Gasteiger partial charge is 0.416 e. The molecular weight excluding hydrogens is 192 g/mol. The molecule has 0 aliphatic heterocycles. The predicted octanol–water partition coefficient (Wildman–Crippen LogP) is 2.01. The van der Waals surface area contributed by atoms with E-state index < -0.39 is 12.0 Å². The lowest BCUT2D eigenvalue weighted by molar-refractivity contribution is -0.318. The molecule has 0 rings (SSSR count). The van der Waals surface area contributed by atoms with Gasteiger partial charge in [0.2, 0.25) is 0 Å². The van der Waals surface area contributed by atoms with Crippen LogP contribution >= 0.6 is 0 Å². The van der Waals surface area contributed by atoms with E-state index in [-0.39, 0.29) is 6.92 Å². The van der Waals surface area contributed by atoms with Gasteiger partial charge in [-0.2, -0.15) is 17.6 Å². The Morgan fingerprint density at radius 2 is 1.46 bits per heavy atom. The summed E-state index contributed by atoms with van der Waals surface area (Å²) in [7, 11) is 0. The molecule has 0 spiro atoms. The number of aliphatic hydroxyl groups excluding tert-OH is 1. The standard InChI is InChI=1S/C4H10O.C3H4F4O/c1-2-3-4-5;1-2(4,5)3(6,7)8/h5H,2-4H2,1H3;8H,1H3. The first kappa shape index (κ1) is 15.1. The Labute approximate surface area is 74.2 Å². The highest BCUT2D eigenvalue weighted by atomic mass is 19.3. The molecule has 13 heavy (non-hydrogen) atoms. The summed E-state index contributed by atoms with van der Waals surface area (Å²) < 4.78 is 44.5. The molecule has 0 amide bonds. The van der Waals surface area contributed by atoms with Gasteiger partial charge in [-0.3, -0.25) is 0 Å². The van der Waals surface area contributed by atoms with E-state index in [1.165, 1.54) is 0 Å². The Morgan fingerprint density at radius 1 is 1.15 bits per heavy atom. The summed E-state index contributed by atoms with van der Waals surface area (Å²) in [6.07, 6.45) is -2.86. The van der Waals surface area contributed by atoms with Crippen LogP contribution in [0.2, 0.25) is 0 Å². The van der Waals surface area contributed by atoms with Gasteiger partial charge in [0.25, 0.3) is 0 Å². The maximum Gasteiger partial charge on any atom is 0.416 e. The monoisotopic (exact) mass is 206 g/mol. The quantitative estimate of drug-likeness (QED) is 0.693. The van der Waals surface area contributed by atoms with Crippen molar-refractivity contribution in [2.24, 2.45) is 0 Å². The molecule has 0 aliphatic rings. The van der Waals surface area contributed by atoms with Crippen LogP contribution in [0, 0.1) is 0 Å². The fourth-order valence-electron chi connectivity index (χ4n) is 0.158. The number of rotatable bonds is 3. The lowest BCUT2D eigenvalue weighted by Crippen LogP contribution is -2.36. The van der Waals surface area contributed by atoms with Gasteiger partial charge in [0.1, 0.15) is 0 Å². The summed E-state index contributed by atoms with van der Waals surface area (Å²) in [6, 6.07) is 0. The van der Waals surface area contributed by atoms with Gasteiger partial charge >= 0.3 is 12.0 Å². The molecule has 0 radical (unpaired) electrons. The molecule has 0 aromatic rings. The summed E-state index contributed by atoms with van der Waals surface area (Å²) >= 11 is 0. The summed E-state index contributed by atoms with van der Waals surface area (Å²) in [4.78, 5) is 0. The molecule has 82 valence electrons. The van der Waals surface area contributed by atoms with Crippen LogP contribution in [0.1, 0.15) is 26.7 Å². The van der Waals surface area contributed by atoms with Crippen LogP contribution in [0.5, 0.6) is 0 Å². The normalized spacial score (nSPS) is 12.0. The van der Waals surface area contributed by atoms with Crippen molar-refractivity contribution in [2.75, 3.05) is 6.61 Å². The summed E-state index contributed by atoms with van der Waals surface area (Å²) in [5.74, 6) is -4.34. The number of halogens is 4. The summed E-state index contributed by atoms with van der Waals surface area (Å²) in [5, 5.41) is 15.3. The van der Waals surface area contributed by atoms with Gasteiger partial charge in [-0.15, -0.1) is 0 Å². The van der Waals surface area contributed by atoms with E-state index in [2.05, 4.69) is 6.92 Å². The molecular formula is C7H14F4O2. The third-order valence-corrected chi connectivity index (χ3v) is 1.04. The van der Waals surface area contributed by atoms with Gasteiger partial charge in [0.15, 0.2) is 0 Å². The zero-order valence-electron chi connectivity index (χ0n) is 7.53. The molecule has 0 atom stereocenters. The molecule has 6 heteroatoms. The average Bonchev–Trinajstić information content (AvgIpc) is 1.85. The van der Waals surface area contributed by atoms with Crippen molar-refractivity contribution < 1.29 is 27.8 Å². The summed E-state index contributed by atoms with van der Waals surface area (Å²) in [5.41, 5.74) is 0. The third-order valence-electron chi connectivity index (χ3n) is 1.04. The van der Waals surface area contributed by atoms with E-state index >= 15 is 0 Å². The first-order valence-electron chi connectivity index (χ1n) is 3.75. The zero-order chi connectivity index (χ0) is 11.1. The van der Waals surface area contributed by atoms with E-state index in [0.717, 1.165) is 12.8 Å². The smallest absolute Gasteiger partial charge is 0.396 e. The lowest BCUT2D eigenvalue weighted by atomic mass is 10.4. The molecule has 0 saturated carbocycles. The lowest BCUT2D eigenvalue weighted by Gasteiger charge is -2.15. The minimum Gasteiger partial charge on any atom is -0.396 e. The first-order chi connectivity index (χ1) is 5.66. The van der Waals surface area contributed by atoms with Gasteiger partial charge in [0, 0.05) is 13.5 Å². The molecule has 0 saturated heterocycles. The Balaban J connectivity index is 0. The minimum absolute atomic E-state index is 0.0625. The van der Waals surface area contributed by atoms with E-state index in [1.54, 1.807) is 0 Å². The second-order valence-corrected chi connectivity index (χ2v) is 2.51. The third kappa shape index (κ3) is 9.55. The number of aliphatic hydroxyl groups is 2. The molecule has 2 nitrogen and oxygen atoms in total. The van der Waals surface area contributed by atoms with E-state index in [9.17, 15) is 17.6 Å². The second-order valence-electron chi connectivity index (χ2n) is 2.51. The number of unbranched alkanes of at least 4 members (excludes halogenated alkanes) is 1. The topological polar surface area (TPSA) is 40.5 Å². The highest BCUT2D eigenvalue weighted by molar-refractivity contribution is 4.66. The second kappa shape index (κ2) is 6.15. The molecule has 0 unspecified atom stereocenters. The summed E-state index contributed by atoms with van der Waals surface area (Å²) in [6.45, 7) is 2.33. The number of hydrogen-bond acceptors (Lipinski definition) is 2. The van der Waals surface area contributed by atoms with Gasteiger partial charge in [-0.25, -0.2) is 0 Å². The van der Waals surface area contributed by atoms with E-state index in [1.807, 2.05) is 0 Å². The van der Waals surface area contributed by atoms with Crippen LogP contribution in [0.4, 0.5) is 17.6 Å². The molecule has 0 bridgehead atoms. The molecule has 0 aromatic heterocycles. The van der Waals surface area contributed by atoms with Crippen LogP contribution < -0.4 is 0 Å². The Morgan fingerprint density at radius 3 is 1.46 bits per heavy atom. The highest BCUT2D eigenvalue weighted by Gasteiger charge is 2.50. The van der Waals surface area contributed by atoms with Crippen molar-refractivity contribution in [1.82, 2.24) is 0 Å². The fourth-order valence-corrected chi connectivity index (χ4v) is 0.158. The average molecular weight is 206 g/mol. The van der Waals surface area contributed by atoms with Gasteiger partial charge in [-0.1, -0.05) is 13.3 Å². The maximum atomic E-state index is 11.2. The molecule has 0 heterocycles. The van der Waals surface area contributed by atoms with Crippen molar-refractivity contribution in [3.8, 4) is 0 Å². The maximum absolute atomic E-state index is 11.2. The Bertz CT molecular complexity index is 103. The molecule has 0 aliphatic carbocycles. The van der Waals surface area contributed by atoms with E-state index in [0.29, 0.717) is 6.61 Å². The number of hydrogen-bond donors (Lipinski definition) is 2. The van der Waals surface area contributed by atoms with E-state index in [4.69, 9.17) is 10.2 Å². The van der Waals surface area contributed by atoms with Crippen LogP contribution in [0.3, 0.4) is 0 Å². The Hall–Kier alpha value is -0.360. The van der Waals surface area contributed by atoms with Gasteiger partial charge in [0.05, 0.1) is 0 Å². The van der Waals surface area contributed by atoms with Gasteiger partial charge in [-0.05, 0) is 6.42 Å². The molecule has 0 aromatic carbocycles. The van der Waals surface area contributed by atoms with Crippen LogP contribution in [0.15, 0.2) is 0 Å². The minimum atomic E-state index is -4.90. The fraction of sp³-hybridized carbons (Fsp3) is 1.00. The van der Waals surface area contributed by atoms with Gasteiger partial charge < -0.3 is 10.2 Å². The Kier molecular flexibility index (Phi) is 7.15.